The Morgan fingerprint density at radius 3 is 2.92 bits per heavy atom. The fourth-order valence-corrected chi connectivity index (χ4v) is 1.51. The molecule has 1 aromatic carbocycles. The molecule has 0 aliphatic heterocycles. The highest BCUT2D eigenvalue weighted by molar-refractivity contribution is 9.10. The van der Waals surface area contributed by atoms with E-state index in [0.29, 0.717) is 6.54 Å². The fraction of sp³-hybridized carbons (Fsp3) is 0.250. The maximum atomic E-state index is 8.12. The lowest BCUT2D eigenvalue weighted by molar-refractivity contribution is 1.04. The molecule has 0 atom stereocenters. The maximum Gasteiger partial charge on any atom is 0.0522 e. The van der Waals surface area contributed by atoms with E-state index in [1.54, 1.807) is 0 Å². The van der Waals surface area contributed by atoms with Gasteiger partial charge >= 0.3 is 0 Å². The third kappa shape index (κ3) is 2.26. The largest absolute Gasteiger partial charge is 0.0892 e. The molecular weight excluding hydrogens is 218 g/mol. The van der Waals surface area contributed by atoms with Crippen LogP contribution in [0.25, 0.3) is 10.4 Å². The Labute approximate surface area is 79.2 Å². The lowest BCUT2D eigenvalue weighted by Gasteiger charge is -2.00. The van der Waals surface area contributed by atoms with E-state index in [4.69, 9.17) is 5.53 Å². The average molecular weight is 226 g/mol. The van der Waals surface area contributed by atoms with Crippen LogP contribution < -0.4 is 0 Å². The molecule has 0 radical (unpaired) electrons. The molecule has 0 aliphatic carbocycles. The summed E-state index contributed by atoms with van der Waals surface area (Å²) in [6.45, 7) is 2.42. The van der Waals surface area contributed by atoms with Gasteiger partial charge in [-0.3, -0.25) is 0 Å². The maximum absolute atomic E-state index is 8.12. The number of halogens is 1. The number of hydrogen-bond acceptors (Lipinski definition) is 1. The van der Waals surface area contributed by atoms with Crippen molar-refractivity contribution in [2.45, 2.75) is 13.5 Å². The first-order chi connectivity index (χ1) is 5.74. The van der Waals surface area contributed by atoms with Gasteiger partial charge in [-0.2, -0.15) is 0 Å². The smallest absolute Gasteiger partial charge is 0.0522 e. The third-order valence-corrected chi connectivity index (χ3v) is 2.25. The summed E-state index contributed by atoms with van der Waals surface area (Å²) in [5.41, 5.74) is 10.3. The number of rotatable bonds is 2. The van der Waals surface area contributed by atoms with Gasteiger partial charge in [-0.1, -0.05) is 33.2 Å². The highest BCUT2D eigenvalue weighted by Gasteiger charge is 1.97. The van der Waals surface area contributed by atoms with E-state index < -0.39 is 0 Å². The average Bonchev–Trinajstić information content (AvgIpc) is 2.03. The van der Waals surface area contributed by atoms with Crippen molar-refractivity contribution in [3.63, 3.8) is 0 Å². The van der Waals surface area contributed by atoms with Crippen molar-refractivity contribution in [1.29, 1.82) is 0 Å². The second-order valence-corrected chi connectivity index (χ2v) is 3.34. The monoisotopic (exact) mass is 225 g/mol. The predicted molar refractivity (Wildman–Crippen MR) is 51.7 cm³/mol. The van der Waals surface area contributed by atoms with Gasteiger partial charge in [-0.05, 0) is 29.6 Å². The van der Waals surface area contributed by atoms with Gasteiger partial charge in [-0.25, -0.2) is 0 Å². The number of azide groups is 1. The first-order valence-electron chi connectivity index (χ1n) is 3.50. The highest BCUT2D eigenvalue weighted by Crippen LogP contribution is 2.18. The molecule has 12 heavy (non-hydrogen) atoms. The molecule has 4 heteroatoms. The van der Waals surface area contributed by atoms with Crippen molar-refractivity contribution in [3.05, 3.63) is 44.2 Å². The van der Waals surface area contributed by atoms with E-state index in [9.17, 15) is 0 Å². The van der Waals surface area contributed by atoms with Crippen molar-refractivity contribution < 1.29 is 0 Å². The second kappa shape index (κ2) is 4.14. The van der Waals surface area contributed by atoms with Crippen LogP contribution in [-0.4, -0.2) is 0 Å². The Hall–Kier alpha value is -0.990. The van der Waals surface area contributed by atoms with Crippen LogP contribution in [0.15, 0.2) is 27.8 Å². The van der Waals surface area contributed by atoms with Gasteiger partial charge in [0.1, 0.15) is 0 Å². The Morgan fingerprint density at radius 2 is 2.33 bits per heavy atom. The molecule has 0 aromatic heterocycles. The van der Waals surface area contributed by atoms with Crippen LogP contribution >= 0.6 is 15.9 Å². The summed E-state index contributed by atoms with van der Waals surface area (Å²) in [4.78, 5) is 2.70. The van der Waals surface area contributed by atoms with E-state index in [1.165, 1.54) is 5.56 Å². The molecule has 0 spiro atoms. The zero-order valence-corrected chi connectivity index (χ0v) is 8.24. The molecule has 3 nitrogen and oxygen atoms in total. The van der Waals surface area contributed by atoms with Crippen LogP contribution in [0.2, 0.25) is 0 Å². The van der Waals surface area contributed by atoms with Gasteiger partial charge in [0.05, 0.1) is 6.54 Å². The number of aryl methyl sites for hydroxylation is 1. The molecule has 0 aliphatic rings. The van der Waals surface area contributed by atoms with Gasteiger partial charge in [0, 0.05) is 9.38 Å². The van der Waals surface area contributed by atoms with Crippen LogP contribution in [0, 0.1) is 6.92 Å². The van der Waals surface area contributed by atoms with E-state index >= 15 is 0 Å². The molecule has 1 rings (SSSR count). The summed E-state index contributed by atoms with van der Waals surface area (Å²) < 4.78 is 0.995. The minimum Gasteiger partial charge on any atom is -0.0892 e. The zero-order valence-electron chi connectivity index (χ0n) is 6.66. The third-order valence-electron chi connectivity index (χ3n) is 1.51. The molecular formula is C8H8BrN3. The van der Waals surface area contributed by atoms with E-state index in [-0.39, 0.29) is 0 Å². The molecule has 0 saturated carbocycles. The molecule has 0 heterocycles. The summed E-state index contributed by atoms with van der Waals surface area (Å²) in [5.74, 6) is 0. The summed E-state index contributed by atoms with van der Waals surface area (Å²) in [6, 6.07) is 5.95. The standard InChI is InChI=1S/C8H8BrN3/c1-6-2-3-7(5-11-12-10)8(9)4-6/h2-4H,5H2,1H3. The van der Waals surface area contributed by atoms with Crippen molar-refractivity contribution in [2.24, 2.45) is 5.11 Å². The SMILES string of the molecule is Cc1ccc(CN=[N+]=[N-])c(Br)c1. The zero-order chi connectivity index (χ0) is 8.97. The van der Waals surface area contributed by atoms with Crippen molar-refractivity contribution in [2.75, 3.05) is 0 Å². The van der Waals surface area contributed by atoms with Crippen LogP contribution in [-0.2, 0) is 6.54 Å². The fourth-order valence-electron chi connectivity index (χ4n) is 0.888. The molecule has 0 fully saturated rings. The second-order valence-electron chi connectivity index (χ2n) is 2.48. The Morgan fingerprint density at radius 1 is 1.58 bits per heavy atom. The summed E-state index contributed by atoms with van der Waals surface area (Å²) in [7, 11) is 0. The minimum atomic E-state index is 0.400. The van der Waals surface area contributed by atoms with Gasteiger partial charge in [0.15, 0.2) is 0 Å². The Kier molecular flexibility index (Phi) is 3.14. The Bertz CT molecular complexity index is 329. The lowest BCUT2D eigenvalue weighted by atomic mass is 10.1. The van der Waals surface area contributed by atoms with Crippen LogP contribution in [0.3, 0.4) is 0 Å². The normalized spacial score (nSPS) is 9.17. The van der Waals surface area contributed by atoms with E-state index in [2.05, 4.69) is 26.0 Å². The van der Waals surface area contributed by atoms with Crippen LogP contribution in [0.4, 0.5) is 0 Å². The summed E-state index contributed by atoms with van der Waals surface area (Å²) in [5, 5.41) is 3.48. The van der Waals surface area contributed by atoms with Crippen LogP contribution in [0.1, 0.15) is 11.1 Å². The first kappa shape index (κ1) is 9.10. The lowest BCUT2D eigenvalue weighted by Crippen LogP contribution is -1.83. The predicted octanol–water partition coefficient (Wildman–Crippen LogP) is 3.57. The van der Waals surface area contributed by atoms with Crippen molar-refractivity contribution >= 4 is 15.9 Å². The molecule has 0 N–H and O–H groups in total. The van der Waals surface area contributed by atoms with Crippen molar-refractivity contribution in [1.82, 2.24) is 0 Å². The molecule has 0 amide bonds. The molecule has 0 saturated heterocycles. The van der Waals surface area contributed by atoms with Gasteiger partial charge in [-0.15, -0.1) is 0 Å². The molecule has 0 unspecified atom stereocenters. The topological polar surface area (TPSA) is 48.8 Å². The van der Waals surface area contributed by atoms with Crippen molar-refractivity contribution in [3.8, 4) is 0 Å². The molecule has 62 valence electrons. The van der Waals surface area contributed by atoms with Gasteiger partial charge in [0.2, 0.25) is 0 Å². The minimum absolute atomic E-state index is 0.400. The van der Waals surface area contributed by atoms with Crippen LogP contribution in [0.5, 0.6) is 0 Å². The first-order valence-corrected chi connectivity index (χ1v) is 4.29. The number of hydrogen-bond donors (Lipinski definition) is 0. The number of benzene rings is 1. The summed E-state index contributed by atoms with van der Waals surface area (Å²) >= 11 is 3.39. The van der Waals surface area contributed by atoms with Gasteiger partial charge < -0.3 is 0 Å². The summed E-state index contributed by atoms with van der Waals surface area (Å²) in [6.07, 6.45) is 0. The quantitative estimate of drug-likeness (QED) is 0.420. The molecule has 0 bridgehead atoms. The van der Waals surface area contributed by atoms with E-state index in [0.717, 1.165) is 10.0 Å². The van der Waals surface area contributed by atoms with E-state index in [1.807, 2.05) is 25.1 Å². The highest BCUT2D eigenvalue weighted by atomic mass is 79.9. The Balaban J connectivity index is 2.93. The number of nitrogens with zero attached hydrogens (tertiary/aromatic N) is 3. The molecule has 1 aromatic rings. The van der Waals surface area contributed by atoms with Gasteiger partial charge in [0.25, 0.3) is 0 Å².